The van der Waals surface area contributed by atoms with Crippen LogP contribution in [0.4, 0.5) is 0 Å². The minimum atomic E-state index is 1.06. The fourth-order valence-electron chi connectivity index (χ4n) is 15.7. The highest BCUT2D eigenvalue weighted by molar-refractivity contribution is 6.10. The van der Waals surface area contributed by atoms with Gasteiger partial charge in [0.25, 0.3) is 0 Å². The van der Waals surface area contributed by atoms with E-state index in [1.54, 1.807) is 0 Å². The number of benzene rings is 12. The van der Waals surface area contributed by atoms with E-state index in [2.05, 4.69) is 257 Å². The molecule has 0 radical (unpaired) electrons. The number of para-hydroxylation sites is 1. The smallest absolute Gasteiger partial charge is 0.0495 e. The van der Waals surface area contributed by atoms with Crippen molar-refractivity contribution in [1.29, 1.82) is 0 Å². The van der Waals surface area contributed by atoms with Gasteiger partial charge < -0.3 is 4.57 Å². The van der Waals surface area contributed by atoms with Gasteiger partial charge in [0.05, 0.1) is 0 Å². The number of hydrogen-bond acceptors (Lipinski definition) is 0. The Kier molecular flexibility index (Phi) is 11.1. The Morgan fingerprint density at radius 3 is 1.13 bits per heavy atom. The zero-order valence-electron chi connectivity index (χ0n) is 48.3. The van der Waals surface area contributed by atoms with Crippen LogP contribution in [0, 0.1) is 20.8 Å². The van der Waals surface area contributed by atoms with Crippen LogP contribution in [0.25, 0.3) is 99.7 Å². The Balaban J connectivity index is 0.0000000882. The van der Waals surface area contributed by atoms with Gasteiger partial charge in [-0.15, -0.1) is 0 Å². The van der Waals surface area contributed by atoms with E-state index in [-0.39, 0.29) is 0 Å². The topological polar surface area (TPSA) is 4.93 Å². The molecule has 0 saturated heterocycles. The molecule has 0 fully saturated rings. The van der Waals surface area contributed by atoms with Crippen molar-refractivity contribution < 1.29 is 0 Å². The van der Waals surface area contributed by atoms with Gasteiger partial charge in [-0.2, -0.15) is 0 Å². The molecule has 0 atom stereocenters. The molecule has 1 heteroatoms. The minimum Gasteiger partial charge on any atom is -0.344 e. The van der Waals surface area contributed by atoms with E-state index in [9.17, 15) is 0 Å². The van der Waals surface area contributed by atoms with E-state index in [0.29, 0.717) is 0 Å². The normalized spacial score (nSPS) is 13.4. The molecule has 1 nitrogen and oxygen atoms in total. The van der Waals surface area contributed by atoms with Gasteiger partial charge in [-0.3, -0.25) is 0 Å². The Hall–Kier alpha value is -9.56. The van der Waals surface area contributed by atoms with Crippen LogP contribution >= 0.6 is 0 Å². The van der Waals surface area contributed by atoms with Gasteiger partial charge in [0.1, 0.15) is 0 Å². The molecule has 0 spiro atoms. The van der Waals surface area contributed by atoms with Crippen molar-refractivity contribution in [3.8, 4) is 77.9 Å². The van der Waals surface area contributed by atoms with E-state index < -0.39 is 0 Å². The van der Waals surface area contributed by atoms with Crippen molar-refractivity contribution >= 4 is 21.8 Å². The molecule has 13 aromatic rings. The molecule has 0 unspecified atom stereocenters. The Morgan fingerprint density at radius 2 is 0.583 bits per heavy atom. The summed E-state index contributed by atoms with van der Waals surface area (Å²) in [5, 5.41) is 2.73. The number of aryl methyl sites for hydroxylation is 4. The monoisotopic (exact) mass is 1070 g/mol. The number of aromatic nitrogens is 1. The molecule has 0 saturated carbocycles. The summed E-state index contributed by atoms with van der Waals surface area (Å²) in [6.07, 6.45) is 7.57. The third kappa shape index (κ3) is 7.82. The second kappa shape index (κ2) is 19.0. The Bertz CT molecular complexity index is 4950. The van der Waals surface area contributed by atoms with Crippen LogP contribution in [0.3, 0.4) is 0 Å². The lowest BCUT2D eigenvalue weighted by atomic mass is 9.97. The summed E-state index contributed by atoms with van der Waals surface area (Å²) in [5.41, 5.74) is 47.7. The molecule has 20 rings (SSSR count). The maximum absolute atomic E-state index is 2.44. The largest absolute Gasteiger partial charge is 0.344 e. The van der Waals surface area contributed by atoms with Gasteiger partial charge in [-0.1, -0.05) is 181 Å². The minimum absolute atomic E-state index is 1.06. The first-order valence-corrected chi connectivity index (χ1v) is 30.3. The van der Waals surface area contributed by atoms with Crippen molar-refractivity contribution in [2.45, 2.75) is 65.7 Å². The van der Waals surface area contributed by atoms with Crippen molar-refractivity contribution in [2.24, 2.45) is 7.05 Å². The Morgan fingerprint density at radius 1 is 0.226 bits per heavy atom. The first-order chi connectivity index (χ1) is 41.2. The summed E-state index contributed by atoms with van der Waals surface area (Å²) in [6, 6.07) is 83.8. The number of nitrogens with zero attached hydrogens (tertiary/aromatic N) is 1. The van der Waals surface area contributed by atoms with Gasteiger partial charge >= 0.3 is 0 Å². The van der Waals surface area contributed by atoms with E-state index >= 15 is 0 Å². The van der Waals surface area contributed by atoms with Crippen molar-refractivity contribution in [3.05, 3.63) is 319 Å². The van der Waals surface area contributed by atoms with Crippen LogP contribution in [-0.2, 0) is 52.0 Å². The van der Waals surface area contributed by atoms with Gasteiger partial charge in [-0.05, 0) is 282 Å². The lowest BCUT2D eigenvalue weighted by Gasteiger charge is -2.07. The van der Waals surface area contributed by atoms with Crippen LogP contribution < -0.4 is 0 Å². The van der Waals surface area contributed by atoms with Gasteiger partial charge in [0.2, 0.25) is 0 Å². The summed E-state index contributed by atoms with van der Waals surface area (Å²) in [5.74, 6) is 0. The zero-order valence-corrected chi connectivity index (χ0v) is 48.3. The summed E-state index contributed by atoms with van der Waals surface area (Å²) in [4.78, 5) is 0. The fraction of sp³-hybridized carbons (Fsp3) is 0.133. The maximum Gasteiger partial charge on any atom is 0.0495 e. The molecule has 84 heavy (non-hydrogen) atoms. The maximum atomic E-state index is 2.44. The third-order valence-electron chi connectivity index (χ3n) is 19.8. The van der Waals surface area contributed by atoms with E-state index in [4.69, 9.17) is 0 Å². The quantitative estimate of drug-likeness (QED) is 0.143. The SMILES string of the molecule is Cc1ccc2c(c1)-c1cc3c(cc1C2)-c1ccccc1C3.Cc1ccc2c(c1)Cc1cc3c(cc1-2)Cc1ccccc1-3.Cc1cccc2c1Cc1cc3c(cc1-2)Cc1ccccc1-3.Cn1c2ccccc2c2cc3c(cc21)-c1ccccc1C3. The highest BCUT2D eigenvalue weighted by Crippen LogP contribution is 2.49. The molecule has 7 aliphatic rings. The second-order valence-electron chi connectivity index (χ2n) is 24.9. The van der Waals surface area contributed by atoms with Crippen molar-refractivity contribution in [1.82, 2.24) is 4.57 Å². The molecule has 0 N–H and O–H groups in total. The summed E-state index contributed by atoms with van der Waals surface area (Å²) in [6.45, 7) is 6.59. The standard InChI is InChI=1S/3C21H16.C20H15N/c1-13-5-4-8-18-19(13)10-16-12-20-15(11-21(16)18)9-14-6-2-3-7-17(14)20;1-13-6-7-19-15(8-13)10-17-12-20-16(11-21(17)19)9-14-4-2-3-5-18(14)20;1-13-6-7-15-10-17-11-20-16(12-21(17)19(15)8-13)9-14-4-2-3-5-18(14)20;1-21-19-9-5-4-8-16(19)18-11-14-10-13-6-2-3-7-15(13)17(14)12-20(18)21/h3*2-8,11-12H,9-10H2,1H3;2-9,11-12H,10H2,1H3. The summed E-state index contributed by atoms with van der Waals surface area (Å²) < 4.78 is 2.31. The third-order valence-corrected chi connectivity index (χ3v) is 19.8. The average Bonchev–Trinajstić information content (AvgIpc) is 2.16. The molecule has 0 bridgehead atoms. The van der Waals surface area contributed by atoms with Crippen LogP contribution in [-0.4, -0.2) is 4.57 Å². The molecule has 12 aromatic carbocycles. The van der Waals surface area contributed by atoms with Crippen LogP contribution in [0.1, 0.15) is 94.6 Å². The molecule has 0 amide bonds. The Labute approximate surface area is 493 Å². The average molecular weight is 1070 g/mol. The summed E-state index contributed by atoms with van der Waals surface area (Å²) >= 11 is 0. The highest BCUT2D eigenvalue weighted by atomic mass is 14.9. The number of fused-ring (bicyclic) bond motifs is 24. The van der Waals surface area contributed by atoms with Crippen molar-refractivity contribution in [3.63, 3.8) is 0 Å². The van der Waals surface area contributed by atoms with Crippen LogP contribution in [0.5, 0.6) is 0 Å². The van der Waals surface area contributed by atoms with E-state index in [1.165, 1.54) is 194 Å². The molecule has 1 heterocycles. The summed E-state index contributed by atoms with van der Waals surface area (Å²) in [7, 11) is 2.16. The predicted molar refractivity (Wildman–Crippen MR) is 352 cm³/mol. The first-order valence-electron chi connectivity index (χ1n) is 30.3. The second-order valence-corrected chi connectivity index (χ2v) is 24.9. The lowest BCUT2D eigenvalue weighted by molar-refractivity contribution is 1.01. The van der Waals surface area contributed by atoms with Crippen LogP contribution in [0.15, 0.2) is 224 Å². The predicted octanol–water partition coefficient (Wildman–Crippen LogP) is 20.3. The first kappa shape index (κ1) is 49.1. The van der Waals surface area contributed by atoms with Gasteiger partial charge in [0.15, 0.2) is 0 Å². The molecular formula is C83H63N. The van der Waals surface area contributed by atoms with Crippen LogP contribution in [0.2, 0.25) is 0 Å². The number of hydrogen-bond donors (Lipinski definition) is 0. The molecule has 1 aromatic heterocycles. The molecule has 0 aliphatic heterocycles. The zero-order chi connectivity index (χ0) is 55.9. The highest BCUT2D eigenvalue weighted by Gasteiger charge is 2.29. The van der Waals surface area contributed by atoms with E-state index in [1.807, 2.05) is 0 Å². The molecule has 400 valence electrons. The van der Waals surface area contributed by atoms with Gasteiger partial charge in [0, 0.05) is 28.9 Å². The van der Waals surface area contributed by atoms with E-state index in [0.717, 1.165) is 44.9 Å². The lowest BCUT2D eigenvalue weighted by Crippen LogP contribution is -1.87. The van der Waals surface area contributed by atoms with Crippen molar-refractivity contribution in [2.75, 3.05) is 0 Å². The number of rotatable bonds is 0. The molecule has 7 aliphatic carbocycles. The van der Waals surface area contributed by atoms with Gasteiger partial charge in [-0.25, -0.2) is 0 Å². The molecular weight excluding hydrogens is 1010 g/mol. The fourth-order valence-corrected chi connectivity index (χ4v) is 15.7.